The Morgan fingerprint density at radius 3 is 2.11 bits per heavy atom. The Morgan fingerprint density at radius 2 is 1.24 bits per heavy atom. The predicted octanol–water partition coefficient (Wildman–Crippen LogP) is 10.6. The van der Waals surface area contributed by atoms with Crippen molar-refractivity contribution < 1.29 is 4.42 Å². The Balaban J connectivity index is 1.32. The second-order valence-electron chi connectivity index (χ2n) is 11.5. The molecule has 2 heteroatoms. The minimum Gasteiger partial charge on any atom is -0.455 e. The molecule has 0 spiro atoms. The quantitative estimate of drug-likeness (QED) is 0.192. The van der Waals surface area contributed by atoms with E-state index in [1.165, 1.54) is 16.3 Å². The first-order valence-electron chi connectivity index (χ1n) is 15.5. The van der Waals surface area contributed by atoms with Gasteiger partial charge in [0, 0.05) is 33.8 Å². The van der Waals surface area contributed by atoms with E-state index in [1.807, 2.05) is 18.2 Å². The first-order chi connectivity index (χ1) is 22.7. The lowest BCUT2D eigenvalue weighted by Crippen LogP contribution is -2.21. The summed E-state index contributed by atoms with van der Waals surface area (Å²) in [6.07, 6.45) is 6.35. The highest BCUT2D eigenvalue weighted by atomic mass is 16.3. The maximum Gasteiger partial charge on any atom is 0.143 e. The SMILES string of the molecule is C=c1cccc/c1=C/C=C/N(c1cccc(-c2ccccc2)c1)c1ccccc1-c1cccc2c1oc1cc3ccccc3cc12. The largest absolute Gasteiger partial charge is 0.455 e. The van der Waals surface area contributed by atoms with E-state index >= 15 is 0 Å². The highest BCUT2D eigenvalue weighted by Gasteiger charge is 2.18. The van der Waals surface area contributed by atoms with E-state index in [4.69, 9.17) is 4.42 Å². The molecule has 1 aromatic heterocycles. The number of fused-ring (bicyclic) bond motifs is 4. The van der Waals surface area contributed by atoms with Crippen LogP contribution in [0.15, 0.2) is 174 Å². The summed E-state index contributed by atoms with van der Waals surface area (Å²) < 4.78 is 6.67. The Bertz CT molecular complexity index is 2500. The molecule has 0 fully saturated rings. The van der Waals surface area contributed by atoms with Crippen LogP contribution in [0.2, 0.25) is 0 Å². The monoisotopic (exact) mass is 589 g/mol. The number of allylic oxidation sites excluding steroid dienone is 1. The lowest BCUT2D eigenvalue weighted by Gasteiger charge is -2.24. The van der Waals surface area contributed by atoms with Crippen LogP contribution in [0.25, 0.3) is 67.6 Å². The standard InChI is InChI=1S/C44H31NO/c1-31-14-5-6-15-32(31)21-13-27-45(37-22-11-20-34(28-37)33-16-3-2-4-17-33)42-26-10-9-23-38(42)39-24-12-25-40-41-29-35-18-7-8-19-36(35)30-43(41)46-44(39)40/h2-30H,1H2/b27-13+,32-21-. The molecule has 0 atom stereocenters. The van der Waals surface area contributed by atoms with Gasteiger partial charge in [0.05, 0.1) is 5.69 Å². The third-order valence-corrected chi connectivity index (χ3v) is 8.62. The van der Waals surface area contributed by atoms with Crippen molar-refractivity contribution >= 4 is 56.7 Å². The Labute approximate surface area is 268 Å². The fourth-order valence-corrected chi connectivity index (χ4v) is 6.31. The van der Waals surface area contributed by atoms with Crippen molar-refractivity contribution in [2.24, 2.45) is 0 Å². The number of rotatable bonds is 6. The zero-order valence-corrected chi connectivity index (χ0v) is 25.3. The zero-order chi connectivity index (χ0) is 30.9. The van der Waals surface area contributed by atoms with E-state index in [-0.39, 0.29) is 0 Å². The van der Waals surface area contributed by atoms with Gasteiger partial charge in [0.2, 0.25) is 0 Å². The Kier molecular flexibility index (Phi) is 7.01. The molecule has 0 amide bonds. The van der Waals surface area contributed by atoms with Gasteiger partial charge in [-0.15, -0.1) is 0 Å². The van der Waals surface area contributed by atoms with Crippen molar-refractivity contribution in [2.45, 2.75) is 0 Å². The normalized spacial score (nSPS) is 12.0. The van der Waals surface area contributed by atoms with Crippen LogP contribution in [0.5, 0.6) is 0 Å². The van der Waals surface area contributed by atoms with Crippen LogP contribution < -0.4 is 15.3 Å². The predicted molar refractivity (Wildman–Crippen MR) is 195 cm³/mol. The zero-order valence-electron chi connectivity index (χ0n) is 25.3. The number of nitrogens with zero attached hydrogens (tertiary/aromatic N) is 1. The Morgan fingerprint density at radius 1 is 0.543 bits per heavy atom. The molecule has 0 radical (unpaired) electrons. The second kappa shape index (κ2) is 11.8. The van der Waals surface area contributed by atoms with Crippen molar-refractivity contribution in [1.82, 2.24) is 0 Å². The molecular weight excluding hydrogens is 558 g/mol. The topological polar surface area (TPSA) is 16.4 Å². The van der Waals surface area contributed by atoms with Crippen LogP contribution in [0.1, 0.15) is 0 Å². The minimum atomic E-state index is 0.889. The van der Waals surface area contributed by atoms with Crippen molar-refractivity contribution in [3.63, 3.8) is 0 Å². The molecule has 2 nitrogen and oxygen atoms in total. The molecule has 218 valence electrons. The summed E-state index contributed by atoms with van der Waals surface area (Å²) in [5.74, 6) is 0. The molecule has 0 aliphatic rings. The molecule has 46 heavy (non-hydrogen) atoms. The Hall–Kier alpha value is -6.12. The van der Waals surface area contributed by atoms with Crippen LogP contribution in [0.3, 0.4) is 0 Å². The first kappa shape index (κ1) is 27.4. The molecule has 0 aliphatic carbocycles. The molecule has 1 heterocycles. The lowest BCUT2D eigenvalue weighted by molar-refractivity contribution is 0.670. The van der Waals surface area contributed by atoms with Crippen LogP contribution in [-0.2, 0) is 0 Å². The number of anilines is 2. The number of furan rings is 1. The maximum atomic E-state index is 6.67. The molecular formula is C44H31NO. The minimum absolute atomic E-state index is 0.889. The summed E-state index contributed by atoms with van der Waals surface area (Å²) in [4.78, 5) is 2.26. The average Bonchev–Trinajstić information content (AvgIpc) is 3.48. The number of para-hydroxylation sites is 2. The van der Waals surface area contributed by atoms with Gasteiger partial charge >= 0.3 is 0 Å². The highest BCUT2D eigenvalue weighted by Crippen LogP contribution is 2.42. The summed E-state index contributed by atoms with van der Waals surface area (Å²) in [5.41, 5.74) is 8.38. The summed E-state index contributed by atoms with van der Waals surface area (Å²) in [6, 6.07) is 55.3. The van der Waals surface area contributed by atoms with E-state index in [1.54, 1.807) is 0 Å². The van der Waals surface area contributed by atoms with Crippen molar-refractivity contribution in [2.75, 3.05) is 4.90 Å². The smallest absolute Gasteiger partial charge is 0.143 e. The van der Waals surface area contributed by atoms with E-state index in [9.17, 15) is 0 Å². The van der Waals surface area contributed by atoms with Gasteiger partial charge in [-0.1, -0.05) is 140 Å². The molecule has 0 aliphatic heterocycles. The molecule has 0 bridgehead atoms. The van der Waals surface area contributed by atoms with E-state index in [0.717, 1.165) is 60.4 Å². The summed E-state index contributed by atoms with van der Waals surface area (Å²) >= 11 is 0. The van der Waals surface area contributed by atoms with Crippen LogP contribution in [0, 0.1) is 0 Å². The van der Waals surface area contributed by atoms with Crippen LogP contribution in [0.4, 0.5) is 11.4 Å². The van der Waals surface area contributed by atoms with Crippen molar-refractivity contribution in [1.29, 1.82) is 0 Å². The van der Waals surface area contributed by atoms with Crippen LogP contribution >= 0.6 is 0 Å². The number of hydrogen-bond acceptors (Lipinski definition) is 2. The molecule has 0 saturated carbocycles. The molecule has 8 rings (SSSR count). The van der Waals surface area contributed by atoms with Crippen LogP contribution in [-0.4, -0.2) is 0 Å². The lowest BCUT2D eigenvalue weighted by atomic mass is 9.99. The van der Waals surface area contributed by atoms with Gasteiger partial charge in [-0.25, -0.2) is 0 Å². The molecule has 0 N–H and O–H groups in total. The molecule has 7 aromatic carbocycles. The first-order valence-corrected chi connectivity index (χ1v) is 15.5. The third kappa shape index (κ3) is 5.06. The van der Waals surface area contributed by atoms with Gasteiger partial charge in [-0.2, -0.15) is 0 Å². The van der Waals surface area contributed by atoms with Crippen molar-refractivity contribution in [3.8, 4) is 22.3 Å². The fourth-order valence-electron chi connectivity index (χ4n) is 6.31. The second-order valence-corrected chi connectivity index (χ2v) is 11.5. The molecule has 0 unspecified atom stereocenters. The summed E-state index contributed by atoms with van der Waals surface area (Å²) in [6.45, 7) is 4.21. The van der Waals surface area contributed by atoms with Gasteiger partial charge in [0.15, 0.2) is 0 Å². The van der Waals surface area contributed by atoms with E-state index in [2.05, 4.69) is 169 Å². The van der Waals surface area contributed by atoms with Gasteiger partial charge < -0.3 is 9.32 Å². The summed E-state index contributed by atoms with van der Waals surface area (Å²) in [5, 5.41) is 6.70. The fraction of sp³-hybridized carbons (Fsp3) is 0. The van der Waals surface area contributed by atoms with E-state index in [0.29, 0.717) is 0 Å². The van der Waals surface area contributed by atoms with Gasteiger partial charge in [-0.05, 0) is 68.7 Å². The number of benzene rings is 7. The maximum absolute atomic E-state index is 6.67. The average molecular weight is 590 g/mol. The summed E-state index contributed by atoms with van der Waals surface area (Å²) in [7, 11) is 0. The van der Waals surface area contributed by atoms with Gasteiger partial charge in [0.25, 0.3) is 0 Å². The third-order valence-electron chi connectivity index (χ3n) is 8.62. The van der Waals surface area contributed by atoms with Gasteiger partial charge in [0.1, 0.15) is 11.2 Å². The number of hydrogen-bond donors (Lipinski definition) is 0. The van der Waals surface area contributed by atoms with E-state index < -0.39 is 0 Å². The van der Waals surface area contributed by atoms with Crippen molar-refractivity contribution in [3.05, 3.63) is 180 Å². The highest BCUT2D eigenvalue weighted by molar-refractivity contribution is 6.14. The molecule has 0 saturated heterocycles. The molecule has 8 aromatic rings. The van der Waals surface area contributed by atoms with Gasteiger partial charge in [-0.3, -0.25) is 0 Å².